The maximum Gasteiger partial charge on any atom is 0.124 e. The highest BCUT2D eigenvalue weighted by atomic mass is 16.5. The molecule has 0 heterocycles. The number of carbonyl (C=O) groups excluding carboxylic acids is 1. The fraction of sp³-hybridized carbons (Fsp3) is 0.273. The summed E-state index contributed by atoms with van der Waals surface area (Å²) in [6, 6.07) is 6.62. The van der Waals surface area contributed by atoms with Crippen LogP contribution in [0.15, 0.2) is 18.2 Å². The maximum absolute atomic E-state index is 10.4. The molecule has 0 radical (unpaired) electrons. The van der Waals surface area contributed by atoms with Gasteiger partial charge < -0.3 is 14.6 Å². The molecule has 0 aliphatic rings. The predicted octanol–water partition coefficient (Wildman–Crippen LogP) is 0.249. The zero-order chi connectivity index (χ0) is 11.3. The van der Waals surface area contributed by atoms with Gasteiger partial charge in [-0.3, -0.25) is 0 Å². The lowest BCUT2D eigenvalue weighted by Gasteiger charge is -2.10. The molecule has 0 aromatic heterocycles. The Bertz CT molecular complexity index is 407. The lowest BCUT2D eigenvalue weighted by atomic mass is 10.1. The molecule has 0 aliphatic heterocycles. The predicted molar refractivity (Wildman–Crippen MR) is 51.0 cm³/mol. The second kappa shape index (κ2) is 5.01. The van der Waals surface area contributed by atoms with Gasteiger partial charge in [-0.1, -0.05) is 6.07 Å². The van der Waals surface area contributed by atoms with E-state index in [-0.39, 0.29) is 6.42 Å². The number of ether oxygens (including phenoxy) is 1. The molecule has 0 atom stereocenters. The summed E-state index contributed by atoms with van der Waals surface area (Å²) >= 11 is 0. The smallest absolute Gasteiger partial charge is 0.124 e. The molecule has 1 rings (SSSR count). The van der Waals surface area contributed by atoms with Crippen LogP contribution in [0.2, 0.25) is 0 Å². The largest absolute Gasteiger partial charge is 0.550 e. The highest BCUT2D eigenvalue weighted by molar-refractivity contribution is 5.69. The molecule has 4 nitrogen and oxygen atoms in total. The molecule has 0 N–H and O–H groups in total. The van der Waals surface area contributed by atoms with Crippen LogP contribution in [0.1, 0.15) is 18.1 Å². The van der Waals surface area contributed by atoms with E-state index in [1.54, 1.807) is 19.1 Å². The molecule has 0 amide bonds. The van der Waals surface area contributed by atoms with Gasteiger partial charge in [0.2, 0.25) is 0 Å². The van der Waals surface area contributed by atoms with Gasteiger partial charge in [0.05, 0.1) is 18.2 Å². The summed E-state index contributed by atoms with van der Waals surface area (Å²) < 4.78 is 5.24. The van der Waals surface area contributed by atoms with E-state index in [2.05, 4.69) is 0 Å². The number of nitriles is 1. The molecule has 0 saturated heterocycles. The van der Waals surface area contributed by atoms with E-state index < -0.39 is 5.97 Å². The SMILES string of the molecule is CCOc1cc(C#N)ccc1CC(=O)[O-]. The van der Waals surface area contributed by atoms with Gasteiger partial charge in [-0.25, -0.2) is 0 Å². The summed E-state index contributed by atoms with van der Waals surface area (Å²) in [5.41, 5.74) is 0.969. The number of hydrogen-bond donors (Lipinski definition) is 0. The number of carboxylic acids is 1. The third-order valence-corrected chi connectivity index (χ3v) is 1.83. The van der Waals surface area contributed by atoms with Crippen LogP contribution in [-0.4, -0.2) is 12.6 Å². The average molecular weight is 204 g/mol. The van der Waals surface area contributed by atoms with E-state index in [0.29, 0.717) is 23.5 Å². The maximum atomic E-state index is 10.4. The molecule has 1 aromatic carbocycles. The highest BCUT2D eigenvalue weighted by Crippen LogP contribution is 2.20. The molecule has 0 spiro atoms. The van der Waals surface area contributed by atoms with Crippen LogP contribution in [0.4, 0.5) is 0 Å². The molecule has 15 heavy (non-hydrogen) atoms. The van der Waals surface area contributed by atoms with Gasteiger partial charge in [0.25, 0.3) is 0 Å². The Labute approximate surface area is 87.7 Å². The molecule has 1 aromatic rings. The van der Waals surface area contributed by atoms with Gasteiger partial charge in [0.1, 0.15) is 5.75 Å². The quantitative estimate of drug-likeness (QED) is 0.704. The van der Waals surface area contributed by atoms with Crippen LogP contribution in [0.5, 0.6) is 5.75 Å². The molecular formula is C11H10NO3-. The fourth-order valence-electron chi connectivity index (χ4n) is 1.22. The second-order valence-electron chi connectivity index (χ2n) is 2.92. The first kappa shape index (κ1) is 11.1. The van der Waals surface area contributed by atoms with Crippen molar-refractivity contribution < 1.29 is 14.6 Å². The summed E-state index contributed by atoms with van der Waals surface area (Å²) in [5.74, 6) is -0.735. The molecule has 0 aliphatic carbocycles. The van der Waals surface area contributed by atoms with Gasteiger partial charge in [-0.2, -0.15) is 5.26 Å². The topological polar surface area (TPSA) is 73.1 Å². The minimum absolute atomic E-state index is 0.207. The van der Waals surface area contributed by atoms with Crippen molar-refractivity contribution in [2.24, 2.45) is 0 Å². The van der Waals surface area contributed by atoms with Crippen LogP contribution in [0.3, 0.4) is 0 Å². The van der Waals surface area contributed by atoms with E-state index in [4.69, 9.17) is 10.00 Å². The minimum Gasteiger partial charge on any atom is -0.550 e. The first-order valence-electron chi connectivity index (χ1n) is 4.53. The van der Waals surface area contributed by atoms with Crippen molar-refractivity contribution in [3.8, 4) is 11.8 Å². The Kier molecular flexibility index (Phi) is 3.69. The van der Waals surface area contributed by atoms with Crippen molar-refractivity contribution in [3.63, 3.8) is 0 Å². The van der Waals surface area contributed by atoms with Crippen LogP contribution in [0, 0.1) is 11.3 Å². The molecule has 4 heteroatoms. The first-order valence-corrected chi connectivity index (χ1v) is 4.53. The van der Waals surface area contributed by atoms with Crippen molar-refractivity contribution in [1.82, 2.24) is 0 Å². The zero-order valence-electron chi connectivity index (χ0n) is 8.32. The summed E-state index contributed by atoms with van der Waals surface area (Å²) in [6.45, 7) is 2.22. The lowest BCUT2D eigenvalue weighted by molar-refractivity contribution is -0.304. The number of hydrogen-bond acceptors (Lipinski definition) is 4. The molecule has 0 fully saturated rings. The summed E-state index contributed by atoms with van der Waals surface area (Å²) in [6.07, 6.45) is -0.207. The summed E-state index contributed by atoms with van der Waals surface area (Å²) in [7, 11) is 0. The van der Waals surface area contributed by atoms with Crippen molar-refractivity contribution in [2.45, 2.75) is 13.3 Å². The molecule has 0 bridgehead atoms. The third-order valence-electron chi connectivity index (χ3n) is 1.83. The zero-order valence-corrected chi connectivity index (χ0v) is 8.32. The lowest BCUT2D eigenvalue weighted by Crippen LogP contribution is -2.24. The van der Waals surface area contributed by atoms with E-state index >= 15 is 0 Å². The minimum atomic E-state index is -1.17. The Morgan fingerprint density at radius 1 is 1.60 bits per heavy atom. The number of carbonyl (C=O) groups is 1. The Morgan fingerprint density at radius 2 is 2.33 bits per heavy atom. The average Bonchev–Trinajstić information content (AvgIpc) is 2.20. The first-order chi connectivity index (χ1) is 7.17. The number of benzene rings is 1. The van der Waals surface area contributed by atoms with Crippen LogP contribution in [0.25, 0.3) is 0 Å². The Balaban J connectivity index is 3.04. The third kappa shape index (κ3) is 2.99. The Hall–Kier alpha value is -2.02. The van der Waals surface area contributed by atoms with Gasteiger partial charge in [0, 0.05) is 12.4 Å². The van der Waals surface area contributed by atoms with Gasteiger partial charge in [-0.05, 0) is 24.6 Å². The standard InChI is InChI=1S/C11H11NO3/c1-2-15-10-5-8(7-12)3-4-9(10)6-11(13)14/h3-5H,2,6H2,1H3,(H,13,14)/p-1. The number of aliphatic carboxylic acids is 1. The number of carboxylic acid groups (broad SMARTS) is 1. The van der Waals surface area contributed by atoms with Crippen LogP contribution < -0.4 is 9.84 Å². The number of rotatable bonds is 4. The van der Waals surface area contributed by atoms with Crippen molar-refractivity contribution in [3.05, 3.63) is 29.3 Å². The second-order valence-corrected chi connectivity index (χ2v) is 2.92. The van der Waals surface area contributed by atoms with Crippen molar-refractivity contribution in [2.75, 3.05) is 6.61 Å². The summed E-state index contributed by atoms with van der Waals surface area (Å²) in [4.78, 5) is 10.4. The molecule has 0 unspecified atom stereocenters. The van der Waals surface area contributed by atoms with E-state index in [1.807, 2.05) is 6.07 Å². The van der Waals surface area contributed by atoms with E-state index in [9.17, 15) is 9.90 Å². The van der Waals surface area contributed by atoms with Crippen LogP contribution >= 0.6 is 0 Å². The fourth-order valence-corrected chi connectivity index (χ4v) is 1.22. The Morgan fingerprint density at radius 3 is 2.87 bits per heavy atom. The van der Waals surface area contributed by atoms with E-state index in [1.165, 1.54) is 6.07 Å². The van der Waals surface area contributed by atoms with Gasteiger partial charge >= 0.3 is 0 Å². The van der Waals surface area contributed by atoms with Gasteiger partial charge in [0.15, 0.2) is 0 Å². The monoisotopic (exact) mass is 204 g/mol. The normalized spacial score (nSPS) is 9.33. The van der Waals surface area contributed by atoms with Gasteiger partial charge in [-0.15, -0.1) is 0 Å². The summed E-state index contributed by atoms with van der Waals surface area (Å²) in [5, 5.41) is 19.1. The molecule has 0 saturated carbocycles. The van der Waals surface area contributed by atoms with Crippen molar-refractivity contribution >= 4 is 5.97 Å². The van der Waals surface area contributed by atoms with Crippen molar-refractivity contribution in [1.29, 1.82) is 5.26 Å². The molecule has 78 valence electrons. The van der Waals surface area contributed by atoms with Crippen LogP contribution in [-0.2, 0) is 11.2 Å². The highest BCUT2D eigenvalue weighted by Gasteiger charge is 2.05. The number of nitrogens with zero attached hydrogens (tertiary/aromatic N) is 1. The molecular weight excluding hydrogens is 194 g/mol. The van der Waals surface area contributed by atoms with E-state index in [0.717, 1.165) is 0 Å².